The summed E-state index contributed by atoms with van der Waals surface area (Å²) in [7, 11) is 0. The predicted octanol–water partition coefficient (Wildman–Crippen LogP) is 2.58. The van der Waals surface area contributed by atoms with E-state index in [2.05, 4.69) is 5.32 Å². The van der Waals surface area contributed by atoms with Gasteiger partial charge in [-0.2, -0.15) is 0 Å². The van der Waals surface area contributed by atoms with Crippen molar-refractivity contribution in [2.24, 2.45) is 11.8 Å². The van der Waals surface area contributed by atoms with Gasteiger partial charge in [0.05, 0.1) is 11.5 Å². The van der Waals surface area contributed by atoms with Crippen LogP contribution < -0.4 is 5.32 Å². The standard InChI is InChI=1S/C19H23FN2O2/c20-16-6-2-1-5-15(16)19(9-10-19)21-17(23)14-4-3-11-22(12-14)18(24)13-7-8-13/h1-2,5-6,13-14H,3-4,7-12H2,(H,21,23). The zero-order chi connectivity index (χ0) is 16.7. The lowest BCUT2D eigenvalue weighted by molar-refractivity contribution is -0.137. The van der Waals surface area contributed by atoms with Crippen LogP contribution in [0.2, 0.25) is 0 Å². The molecule has 2 saturated carbocycles. The predicted molar refractivity (Wildman–Crippen MR) is 87.5 cm³/mol. The molecule has 1 heterocycles. The lowest BCUT2D eigenvalue weighted by Crippen LogP contribution is -2.48. The third-order valence-electron chi connectivity index (χ3n) is 5.53. The van der Waals surface area contributed by atoms with Gasteiger partial charge in [0.1, 0.15) is 5.82 Å². The Bertz CT molecular complexity index is 667. The fourth-order valence-electron chi connectivity index (χ4n) is 3.75. The van der Waals surface area contributed by atoms with Crippen LogP contribution in [0.5, 0.6) is 0 Å². The molecule has 2 amide bonds. The van der Waals surface area contributed by atoms with Crippen molar-refractivity contribution in [3.05, 3.63) is 35.6 Å². The minimum Gasteiger partial charge on any atom is -0.346 e. The Morgan fingerprint density at radius 2 is 1.88 bits per heavy atom. The molecule has 4 nitrogen and oxygen atoms in total. The number of nitrogens with zero attached hydrogens (tertiary/aromatic N) is 1. The summed E-state index contributed by atoms with van der Waals surface area (Å²) in [5, 5.41) is 3.08. The van der Waals surface area contributed by atoms with Crippen LogP contribution in [-0.2, 0) is 15.1 Å². The van der Waals surface area contributed by atoms with Crippen molar-refractivity contribution >= 4 is 11.8 Å². The van der Waals surface area contributed by atoms with Crippen molar-refractivity contribution in [3.8, 4) is 0 Å². The smallest absolute Gasteiger partial charge is 0.225 e. The second kappa shape index (κ2) is 5.87. The monoisotopic (exact) mass is 330 g/mol. The van der Waals surface area contributed by atoms with Crippen molar-refractivity contribution in [2.75, 3.05) is 13.1 Å². The molecule has 1 aromatic rings. The van der Waals surface area contributed by atoms with Crippen LogP contribution in [0.3, 0.4) is 0 Å². The number of halogens is 1. The van der Waals surface area contributed by atoms with Crippen LogP contribution in [0.15, 0.2) is 24.3 Å². The molecule has 3 fully saturated rings. The number of rotatable bonds is 4. The second-order valence-electron chi connectivity index (χ2n) is 7.45. The Kier molecular flexibility index (Phi) is 3.82. The number of hydrogen-bond donors (Lipinski definition) is 1. The van der Waals surface area contributed by atoms with Crippen molar-refractivity contribution in [3.63, 3.8) is 0 Å². The van der Waals surface area contributed by atoms with E-state index in [0.29, 0.717) is 12.1 Å². The molecule has 3 aliphatic rings. The van der Waals surface area contributed by atoms with Gasteiger partial charge < -0.3 is 10.2 Å². The van der Waals surface area contributed by atoms with Crippen LogP contribution in [-0.4, -0.2) is 29.8 Å². The zero-order valence-electron chi connectivity index (χ0n) is 13.8. The molecule has 5 heteroatoms. The highest BCUT2D eigenvalue weighted by Crippen LogP contribution is 2.46. The van der Waals surface area contributed by atoms with Crippen LogP contribution in [0.1, 0.15) is 44.1 Å². The molecule has 1 saturated heterocycles. The maximum absolute atomic E-state index is 14.1. The lowest BCUT2D eigenvalue weighted by Gasteiger charge is -2.33. The molecule has 4 rings (SSSR count). The molecule has 0 bridgehead atoms. The summed E-state index contributed by atoms with van der Waals surface area (Å²) in [6, 6.07) is 6.67. The quantitative estimate of drug-likeness (QED) is 0.922. The summed E-state index contributed by atoms with van der Waals surface area (Å²) in [5.41, 5.74) is 0.0469. The van der Waals surface area contributed by atoms with Gasteiger partial charge in [0.15, 0.2) is 0 Å². The highest BCUT2D eigenvalue weighted by atomic mass is 19.1. The molecule has 0 radical (unpaired) electrons. The lowest BCUT2D eigenvalue weighted by atomic mass is 9.95. The molecule has 0 spiro atoms. The first-order chi connectivity index (χ1) is 11.6. The normalized spacial score (nSPS) is 25.2. The molecule has 1 aromatic carbocycles. The third-order valence-corrected chi connectivity index (χ3v) is 5.53. The van der Waals surface area contributed by atoms with E-state index in [1.54, 1.807) is 18.2 Å². The molecule has 2 aliphatic carbocycles. The molecule has 1 N–H and O–H groups in total. The van der Waals surface area contributed by atoms with Gasteiger partial charge in [0.25, 0.3) is 0 Å². The minimum atomic E-state index is -0.537. The van der Waals surface area contributed by atoms with E-state index in [1.807, 2.05) is 4.90 Å². The van der Waals surface area contributed by atoms with E-state index < -0.39 is 5.54 Å². The number of carbonyl (C=O) groups is 2. The number of piperidine rings is 1. The van der Waals surface area contributed by atoms with Gasteiger partial charge >= 0.3 is 0 Å². The van der Waals surface area contributed by atoms with Gasteiger partial charge in [-0.25, -0.2) is 4.39 Å². The number of amides is 2. The zero-order valence-corrected chi connectivity index (χ0v) is 13.8. The largest absolute Gasteiger partial charge is 0.346 e. The van der Waals surface area contributed by atoms with Crippen LogP contribution >= 0.6 is 0 Å². The molecule has 1 atom stereocenters. The summed E-state index contributed by atoms with van der Waals surface area (Å²) in [5.74, 6) is -0.0676. The van der Waals surface area contributed by atoms with Gasteiger partial charge in [-0.05, 0) is 44.6 Å². The average molecular weight is 330 g/mol. The van der Waals surface area contributed by atoms with Gasteiger partial charge in [0, 0.05) is 24.6 Å². The maximum Gasteiger partial charge on any atom is 0.225 e. The Hall–Kier alpha value is -1.91. The van der Waals surface area contributed by atoms with Gasteiger partial charge in [-0.1, -0.05) is 18.2 Å². The highest BCUT2D eigenvalue weighted by Gasteiger charge is 2.48. The third kappa shape index (κ3) is 2.92. The minimum absolute atomic E-state index is 0.0379. The first kappa shape index (κ1) is 15.6. The van der Waals surface area contributed by atoms with Crippen molar-refractivity contribution < 1.29 is 14.0 Å². The van der Waals surface area contributed by atoms with E-state index in [1.165, 1.54) is 6.07 Å². The maximum atomic E-state index is 14.1. The number of benzene rings is 1. The van der Waals surface area contributed by atoms with Gasteiger partial charge in [0.2, 0.25) is 11.8 Å². The van der Waals surface area contributed by atoms with Gasteiger partial charge in [-0.15, -0.1) is 0 Å². The summed E-state index contributed by atoms with van der Waals surface area (Å²) in [4.78, 5) is 26.8. The first-order valence-corrected chi connectivity index (χ1v) is 8.95. The molecule has 1 unspecified atom stereocenters. The highest BCUT2D eigenvalue weighted by molar-refractivity contribution is 5.84. The van der Waals surface area contributed by atoms with Crippen LogP contribution in [0, 0.1) is 17.7 Å². The van der Waals surface area contributed by atoms with E-state index in [4.69, 9.17) is 0 Å². The summed E-state index contributed by atoms with van der Waals surface area (Å²) >= 11 is 0. The molecular formula is C19H23FN2O2. The number of carbonyl (C=O) groups excluding carboxylic acids is 2. The van der Waals surface area contributed by atoms with Crippen molar-refractivity contribution in [1.29, 1.82) is 0 Å². The summed E-state index contributed by atoms with van der Waals surface area (Å²) in [6.07, 6.45) is 5.19. The van der Waals surface area contributed by atoms with Crippen LogP contribution in [0.25, 0.3) is 0 Å². The molecular weight excluding hydrogens is 307 g/mol. The summed E-state index contributed by atoms with van der Waals surface area (Å²) < 4.78 is 14.1. The fraction of sp³-hybridized carbons (Fsp3) is 0.579. The van der Waals surface area contributed by atoms with Crippen molar-refractivity contribution in [2.45, 2.75) is 44.1 Å². The SMILES string of the molecule is O=C(NC1(c2ccccc2F)CC1)C1CCCN(C(=O)C2CC2)C1. The van der Waals surface area contributed by atoms with Crippen LogP contribution in [0.4, 0.5) is 4.39 Å². The first-order valence-electron chi connectivity index (χ1n) is 8.95. The molecule has 1 aliphatic heterocycles. The molecule has 128 valence electrons. The van der Waals surface area contributed by atoms with E-state index in [0.717, 1.165) is 45.1 Å². The number of hydrogen-bond acceptors (Lipinski definition) is 2. The van der Waals surface area contributed by atoms with E-state index in [-0.39, 0.29) is 29.5 Å². The van der Waals surface area contributed by atoms with Crippen molar-refractivity contribution in [1.82, 2.24) is 10.2 Å². The Morgan fingerprint density at radius 3 is 2.54 bits per heavy atom. The average Bonchev–Trinajstić information content (AvgIpc) is 3.50. The van der Waals surface area contributed by atoms with E-state index >= 15 is 0 Å². The number of nitrogens with one attached hydrogen (secondary N) is 1. The van der Waals surface area contributed by atoms with Gasteiger partial charge in [-0.3, -0.25) is 9.59 Å². The second-order valence-corrected chi connectivity index (χ2v) is 7.45. The molecule has 0 aromatic heterocycles. The fourth-order valence-corrected chi connectivity index (χ4v) is 3.75. The Morgan fingerprint density at radius 1 is 1.12 bits per heavy atom. The summed E-state index contributed by atoms with van der Waals surface area (Å²) in [6.45, 7) is 1.27. The Balaban J connectivity index is 1.42. The Labute approximate surface area is 141 Å². The number of likely N-dealkylation sites (tertiary alicyclic amines) is 1. The topological polar surface area (TPSA) is 49.4 Å². The van der Waals surface area contributed by atoms with E-state index in [9.17, 15) is 14.0 Å². The molecule has 24 heavy (non-hydrogen) atoms.